The van der Waals surface area contributed by atoms with Crippen LogP contribution in [0.1, 0.15) is 0 Å². The quantitative estimate of drug-likeness (QED) is 0.102. The van der Waals surface area contributed by atoms with Gasteiger partial charge in [0.05, 0.1) is 26.4 Å². The minimum Gasteiger partial charge on any atom is -0.512 e. The highest BCUT2D eigenvalue weighted by molar-refractivity contribution is 5.00. The molecule has 0 amide bonds. The molecule has 1 saturated heterocycles. The van der Waals surface area contributed by atoms with E-state index in [9.17, 15) is 30.6 Å². The Morgan fingerprint density at radius 3 is 2.31 bits per heavy atom. The molecule has 29 heavy (non-hydrogen) atoms. The van der Waals surface area contributed by atoms with Crippen LogP contribution in [0.3, 0.4) is 0 Å². The second kappa shape index (κ2) is 12.9. The molecule has 1 aliphatic heterocycles. The Labute approximate surface area is 168 Å². The molecule has 0 aliphatic carbocycles. The van der Waals surface area contributed by atoms with Gasteiger partial charge in [0.1, 0.15) is 49.0 Å². The number of ether oxygens (including phenoxy) is 4. The largest absolute Gasteiger partial charge is 0.512 e. The van der Waals surface area contributed by atoms with Gasteiger partial charge in [0.2, 0.25) is 0 Å². The van der Waals surface area contributed by atoms with Crippen LogP contribution in [0.5, 0.6) is 0 Å². The van der Waals surface area contributed by atoms with Crippen molar-refractivity contribution in [3.63, 3.8) is 0 Å². The van der Waals surface area contributed by atoms with E-state index >= 15 is 0 Å². The maximum absolute atomic E-state index is 10.5. The molecule has 0 saturated carbocycles. The normalized spacial score (nSPS) is 31.1. The molecule has 0 aromatic carbocycles. The number of aliphatic hydroxyl groups excluding tert-OH is 7. The fourth-order valence-electron chi connectivity index (χ4n) is 2.67. The van der Waals surface area contributed by atoms with Gasteiger partial charge < -0.3 is 54.7 Å². The van der Waals surface area contributed by atoms with Crippen LogP contribution < -0.4 is 0 Å². The van der Waals surface area contributed by atoms with Crippen LogP contribution in [0.15, 0.2) is 37.3 Å². The van der Waals surface area contributed by atoms with Gasteiger partial charge in [0, 0.05) is 0 Å². The number of rotatable bonds is 13. The summed E-state index contributed by atoms with van der Waals surface area (Å²) in [5.74, 6) is -0.946. The molecule has 1 heterocycles. The zero-order chi connectivity index (χ0) is 22.0. The molecule has 1 aliphatic rings. The minimum absolute atomic E-state index is 0.00883. The molecule has 0 bridgehead atoms. The van der Waals surface area contributed by atoms with E-state index in [0.717, 1.165) is 0 Å². The fraction of sp³-hybridized carbons (Fsp3) is 0.667. The van der Waals surface area contributed by atoms with Crippen molar-refractivity contribution in [2.24, 2.45) is 0 Å². The van der Waals surface area contributed by atoms with Crippen molar-refractivity contribution >= 4 is 0 Å². The number of hydrogen-bond donors (Lipinski definition) is 7. The number of hydrogen-bond acceptors (Lipinski definition) is 11. The van der Waals surface area contributed by atoms with Crippen LogP contribution in [0.2, 0.25) is 0 Å². The van der Waals surface area contributed by atoms with E-state index in [-0.39, 0.29) is 26.1 Å². The average molecular weight is 422 g/mol. The van der Waals surface area contributed by atoms with Gasteiger partial charge in [-0.1, -0.05) is 12.2 Å². The van der Waals surface area contributed by atoms with E-state index < -0.39 is 61.4 Å². The molecule has 11 nitrogen and oxygen atoms in total. The molecule has 0 unspecified atom stereocenters. The third-order valence-corrected chi connectivity index (χ3v) is 4.17. The Morgan fingerprint density at radius 1 is 1.10 bits per heavy atom. The Balaban J connectivity index is 3.05. The van der Waals surface area contributed by atoms with Crippen LogP contribution in [0.25, 0.3) is 0 Å². The first kappa shape index (κ1) is 25.5. The Bertz CT molecular complexity index is 526. The lowest BCUT2D eigenvalue weighted by Crippen LogP contribution is -2.62. The highest BCUT2D eigenvalue weighted by atomic mass is 16.7. The molecule has 7 N–H and O–H groups in total. The highest BCUT2D eigenvalue weighted by Crippen LogP contribution is 2.27. The van der Waals surface area contributed by atoms with Crippen LogP contribution in [0.4, 0.5) is 0 Å². The predicted octanol–water partition coefficient (Wildman–Crippen LogP) is -1.74. The van der Waals surface area contributed by atoms with Crippen molar-refractivity contribution in [3.8, 4) is 0 Å². The maximum atomic E-state index is 10.5. The molecule has 8 atom stereocenters. The summed E-state index contributed by atoms with van der Waals surface area (Å²) in [5.41, 5.74) is 0. The molecule has 0 radical (unpaired) electrons. The second-order valence-electron chi connectivity index (χ2n) is 6.29. The highest BCUT2D eigenvalue weighted by Gasteiger charge is 2.48. The summed E-state index contributed by atoms with van der Waals surface area (Å²) in [6.45, 7) is 6.16. The third-order valence-electron chi connectivity index (χ3n) is 4.17. The lowest BCUT2D eigenvalue weighted by atomic mass is 9.98. The van der Waals surface area contributed by atoms with Crippen LogP contribution >= 0.6 is 0 Å². The summed E-state index contributed by atoms with van der Waals surface area (Å²) in [7, 11) is 0. The molecular formula is C18H30O11. The SMILES string of the molecule is C=CCOC[C@H]1O[C@@H](O[C@H]([C@H](O)CO)[C@H](O)/C(O)=C/O)[C@H](O)[C@@H](OCC=C)[C@H]1O. The van der Waals surface area contributed by atoms with Crippen molar-refractivity contribution in [2.45, 2.75) is 49.0 Å². The first-order valence-electron chi connectivity index (χ1n) is 8.90. The summed E-state index contributed by atoms with van der Waals surface area (Å²) in [6, 6.07) is 0. The van der Waals surface area contributed by atoms with E-state index in [1.165, 1.54) is 12.2 Å². The molecule has 0 aromatic rings. The summed E-state index contributed by atoms with van der Waals surface area (Å²) in [4.78, 5) is 0. The monoisotopic (exact) mass is 422 g/mol. The van der Waals surface area contributed by atoms with Crippen molar-refractivity contribution in [1.82, 2.24) is 0 Å². The van der Waals surface area contributed by atoms with Gasteiger partial charge >= 0.3 is 0 Å². The van der Waals surface area contributed by atoms with Gasteiger partial charge in [-0.25, -0.2) is 0 Å². The first-order valence-corrected chi connectivity index (χ1v) is 8.90. The second-order valence-corrected chi connectivity index (χ2v) is 6.29. The van der Waals surface area contributed by atoms with Gasteiger partial charge in [-0.05, 0) is 0 Å². The van der Waals surface area contributed by atoms with Crippen LogP contribution in [0, 0.1) is 0 Å². The van der Waals surface area contributed by atoms with Gasteiger partial charge in [0.25, 0.3) is 0 Å². The molecule has 0 aromatic heterocycles. The smallest absolute Gasteiger partial charge is 0.187 e. The summed E-state index contributed by atoms with van der Waals surface area (Å²) < 4.78 is 21.6. The zero-order valence-electron chi connectivity index (χ0n) is 15.9. The molecule has 168 valence electrons. The average Bonchev–Trinajstić information content (AvgIpc) is 2.72. The molecule has 1 fully saturated rings. The topological polar surface area (TPSA) is 179 Å². The van der Waals surface area contributed by atoms with Crippen molar-refractivity contribution < 1.29 is 54.7 Å². The van der Waals surface area contributed by atoms with Crippen LogP contribution in [-0.2, 0) is 18.9 Å². The summed E-state index contributed by atoms with van der Waals surface area (Å²) in [5, 5.41) is 68.5. The lowest BCUT2D eigenvalue weighted by molar-refractivity contribution is -0.329. The van der Waals surface area contributed by atoms with E-state index in [0.29, 0.717) is 0 Å². The molecular weight excluding hydrogens is 392 g/mol. The Morgan fingerprint density at radius 2 is 1.76 bits per heavy atom. The van der Waals surface area contributed by atoms with Gasteiger partial charge in [-0.3, -0.25) is 0 Å². The van der Waals surface area contributed by atoms with E-state index in [2.05, 4.69) is 13.2 Å². The van der Waals surface area contributed by atoms with Gasteiger partial charge in [-0.15, -0.1) is 13.2 Å². The van der Waals surface area contributed by atoms with Gasteiger partial charge in [-0.2, -0.15) is 0 Å². The van der Waals surface area contributed by atoms with Gasteiger partial charge in [0.15, 0.2) is 12.0 Å². The van der Waals surface area contributed by atoms with Crippen LogP contribution in [-0.4, -0.2) is 111 Å². The first-order chi connectivity index (χ1) is 13.8. The van der Waals surface area contributed by atoms with Crippen molar-refractivity contribution in [2.75, 3.05) is 26.4 Å². The Kier molecular flexibility index (Phi) is 11.3. The van der Waals surface area contributed by atoms with E-state index in [4.69, 9.17) is 24.1 Å². The third kappa shape index (κ3) is 7.03. The lowest BCUT2D eigenvalue weighted by Gasteiger charge is -2.43. The molecule has 1 rings (SSSR count). The molecule has 0 spiro atoms. The van der Waals surface area contributed by atoms with E-state index in [1.807, 2.05) is 0 Å². The predicted molar refractivity (Wildman–Crippen MR) is 98.9 cm³/mol. The molecule has 11 heteroatoms. The zero-order valence-corrected chi connectivity index (χ0v) is 15.9. The van der Waals surface area contributed by atoms with Crippen molar-refractivity contribution in [3.05, 3.63) is 37.3 Å². The Hall–Kier alpha value is -1.54. The maximum Gasteiger partial charge on any atom is 0.187 e. The summed E-state index contributed by atoms with van der Waals surface area (Å²) >= 11 is 0. The van der Waals surface area contributed by atoms with E-state index in [1.54, 1.807) is 0 Å². The minimum atomic E-state index is -1.95. The standard InChI is InChI=1S/C18H30O11/c1-3-5-26-9-12-14(24)17(27-6-4-2)15(25)18(28-12)29-16(11(22)8-20)13(23)10(21)7-19/h3-4,7,11-25H,1-2,5-6,8-9H2/b10-7-/t11-,12-,13-,14+,15-,16-,17+,18+/m1/s1. The van der Waals surface area contributed by atoms with Crippen molar-refractivity contribution in [1.29, 1.82) is 0 Å². The fourth-order valence-corrected chi connectivity index (χ4v) is 2.67. The number of aliphatic hydroxyl groups is 7. The summed E-state index contributed by atoms with van der Waals surface area (Å²) in [6.07, 6.45) is -8.96.